The van der Waals surface area contributed by atoms with Crippen LogP contribution in [0, 0.1) is 0 Å². The van der Waals surface area contributed by atoms with Gasteiger partial charge < -0.3 is 14.6 Å². The average molecular weight is 414 g/mol. The lowest BCUT2D eigenvalue weighted by Crippen LogP contribution is -2.44. The molecule has 0 bridgehead atoms. The van der Waals surface area contributed by atoms with Crippen molar-refractivity contribution < 1.29 is 24.2 Å². The molecule has 0 spiro atoms. The van der Waals surface area contributed by atoms with E-state index in [0.29, 0.717) is 28.6 Å². The zero-order valence-corrected chi connectivity index (χ0v) is 17.0. The Labute approximate surface area is 165 Å². The van der Waals surface area contributed by atoms with Gasteiger partial charge in [0.25, 0.3) is 5.91 Å². The molecule has 9 heteroatoms. The van der Waals surface area contributed by atoms with Crippen molar-refractivity contribution in [1.29, 1.82) is 0 Å². The molecule has 1 aromatic carbocycles. The molecule has 0 aromatic heterocycles. The van der Waals surface area contributed by atoms with E-state index < -0.39 is 12.0 Å². The Morgan fingerprint density at radius 2 is 2.08 bits per heavy atom. The molecule has 140 valence electrons. The fourth-order valence-electron chi connectivity index (χ4n) is 2.43. The van der Waals surface area contributed by atoms with Crippen LogP contribution in [0.5, 0.6) is 11.5 Å². The van der Waals surface area contributed by atoms with Crippen molar-refractivity contribution in [3.63, 3.8) is 0 Å². The first-order valence-corrected chi connectivity index (χ1v) is 10.3. The molecular formula is C17H19NO5S3. The molecule has 1 aliphatic heterocycles. The number of carboxylic acid groups (broad SMARTS) is 1. The standard InChI is InChI=1S/C17H19NO5S3/c1-22-12-5-4-10(8-13(12)23-2)9-14-15(19)18(17(24)26-14)11(16(20)21)6-7-25-3/h4-5,8-9,11H,6-7H2,1-3H3,(H,20,21)/b14-9-. The van der Waals surface area contributed by atoms with Gasteiger partial charge in [-0.25, -0.2) is 4.79 Å². The molecule has 1 fully saturated rings. The van der Waals surface area contributed by atoms with Crippen LogP contribution in [-0.4, -0.2) is 58.5 Å². The Hall–Kier alpha value is -1.71. The number of hydrogen-bond acceptors (Lipinski definition) is 7. The molecular weight excluding hydrogens is 394 g/mol. The van der Waals surface area contributed by atoms with Crippen LogP contribution < -0.4 is 9.47 Å². The van der Waals surface area contributed by atoms with Gasteiger partial charge in [-0.3, -0.25) is 9.69 Å². The Morgan fingerprint density at radius 1 is 1.38 bits per heavy atom. The van der Waals surface area contributed by atoms with Crippen molar-refractivity contribution in [3.05, 3.63) is 28.7 Å². The molecule has 1 heterocycles. The highest BCUT2D eigenvalue weighted by atomic mass is 32.2. The third kappa shape index (κ3) is 4.52. The Balaban J connectivity index is 2.29. The largest absolute Gasteiger partial charge is 0.493 e. The van der Waals surface area contributed by atoms with Gasteiger partial charge in [0.05, 0.1) is 19.1 Å². The molecule has 6 nitrogen and oxygen atoms in total. The quantitative estimate of drug-likeness (QED) is 0.515. The minimum Gasteiger partial charge on any atom is -0.493 e. The van der Waals surface area contributed by atoms with Gasteiger partial charge >= 0.3 is 5.97 Å². The molecule has 2 rings (SSSR count). The van der Waals surface area contributed by atoms with Crippen molar-refractivity contribution >= 4 is 58.0 Å². The number of carbonyl (C=O) groups excluding carboxylic acids is 1. The summed E-state index contributed by atoms with van der Waals surface area (Å²) >= 11 is 7.89. The van der Waals surface area contributed by atoms with Gasteiger partial charge in [-0.1, -0.05) is 30.0 Å². The van der Waals surface area contributed by atoms with Crippen LogP contribution in [0.4, 0.5) is 0 Å². The van der Waals surface area contributed by atoms with Gasteiger partial charge in [0.2, 0.25) is 0 Å². The normalized spacial score (nSPS) is 16.9. The van der Waals surface area contributed by atoms with Gasteiger partial charge in [0.15, 0.2) is 11.5 Å². The summed E-state index contributed by atoms with van der Waals surface area (Å²) in [6, 6.07) is 4.32. The highest BCUT2D eigenvalue weighted by Crippen LogP contribution is 2.36. The molecule has 1 unspecified atom stereocenters. The molecule has 1 aromatic rings. The van der Waals surface area contributed by atoms with Crippen LogP contribution in [0.25, 0.3) is 6.08 Å². The summed E-state index contributed by atoms with van der Waals surface area (Å²) < 4.78 is 10.7. The number of thiocarbonyl (C=S) groups is 1. The van der Waals surface area contributed by atoms with Crippen LogP contribution in [0.1, 0.15) is 12.0 Å². The monoisotopic (exact) mass is 413 g/mol. The van der Waals surface area contributed by atoms with E-state index in [9.17, 15) is 14.7 Å². The van der Waals surface area contributed by atoms with Gasteiger partial charge in [-0.15, -0.1) is 0 Å². The summed E-state index contributed by atoms with van der Waals surface area (Å²) in [4.78, 5) is 25.9. The predicted octanol–water partition coefficient (Wildman–Crippen LogP) is 3.11. The van der Waals surface area contributed by atoms with E-state index >= 15 is 0 Å². The number of amides is 1. The first kappa shape index (κ1) is 20.6. The lowest BCUT2D eigenvalue weighted by atomic mass is 10.1. The fraction of sp³-hybridized carbons (Fsp3) is 0.353. The van der Waals surface area contributed by atoms with Crippen molar-refractivity contribution in [2.24, 2.45) is 0 Å². The van der Waals surface area contributed by atoms with Crippen LogP contribution in [0.2, 0.25) is 0 Å². The summed E-state index contributed by atoms with van der Waals surface area (Å²) in [6.45, 7) is 0. The first-order chi connectivity index (χ1) is 12.4. The molecule has 1 aliphatic rings. The number of thioether (sulfide) groups is 2. The number of carbonyl (C=O) groups is 2. The third-order valence-corrected chi connectivity index (χ3v) is 5.70. The Kier molecular flexibility index (Phi) is 7.36. The minimum absolute atomic E-state index is 0.259. The van der Waals surface area contributed by atoms with Crippen molar-refractivity contribution in [1.82, 2.24) is 4.90 Å². The van der Waals surface area contributed by atoms with Crippen LogP contribution in [-0.2, 0) is 9.59 Å². The Morgan fingerprint density at radius 3 is 2.65 bits per heavy atom. The topological polar surface area (TPSA) is 76.1 Å². The molecule has 0 saturated carbocycles. The molecule has 26 heavy (non-hydrogen) atoms. The molecule has 1 N–H and O–H groups in total. The second-order valence-corrected chi connectivity index (χ2v) is 7.96. The zero-order valence-electron chi connectivity index (χ0n) is 14.6. The smallest absolute Gasteiger partial charge is 0.326 e. The maximum Gasteiger partial charge on any atom is 0.326 e. The summed E-state index contributed by atoms with van der Waals surface area (Å²) in [7, 11) is 3.08. The lowest BCUT2D eigenvalue weighted by Gasteiger charge is -2.22. The van der Waals surface area contributed by atoms with E-state index in [2.05, 4.69) is 0 Å². The minimum atomic E-state index is -1.05. The van der Waals surface area contributed by atoms with Gasteiger partial charge in [-0.05, 0) is 42.2 Å². The van der Waals surface area contributed by atoms with Crippen LogP contribution >= 0.6 is 35.7 Å². The maximum absolute atomic E-state index is 12.7. The average Bonchev–Trinajstić information content (AvgIpc) is 2.89. The molecule has 1 amide bonds. The van der Waals surface area contributed by atoms with Gasteiger partial charge in [0, 0.05) is 0 Å². The van der Waals surface area contributed by atoms with Crippen molar-refractivity contribution in [2.45, 2.75) is 12.5 Å². The number of nitrogens with zero attached hydrogens (tertiary/aromatic N) is 1. The highest BCUT2D eigenvalue weighted by molar-refractivity contribution is 8.26. The van der Waals surface area contributed by atoms with Crippen molar-refractivity contribution in [2.75, 3.05) is 26.2 Å². The highest BCUT2D eigenvalue weighted by Gasteiger charge is 2.40. The van der Waals surface area contributed by atoms with E-state index in [1.807, 2.05) is 6.26 Å². The molecule has 0 aliphatic carbocycles. The second kappa shape index (κ2) is 9.29. The number of hydrogen-bond donors (Lipinski definition) is 1. The molecule has 1 atom stereocenters. The van der Waals surface area contributed by atoms with Crippen molar-refractivity contribution in [3.8, 4) is 11.5 Å². The molecule has 0 radical (unpaired) electrons. The number of benzene rings is 1. The number of rotatable bonds is 8. The lowest BCUT2D eigenvalue weighted by molar-refractivity contribution is -0.145. The van der Waals surface area contributed by atoms with E-state index in [4.69, 9.17) is 21.7 Å². The first-order valence-electron chi connectivity index (χ1n) is 7.63. The number of carboxylic acids is 1. The van der Waals surface area contributed by atoms with E-state index in [-0.39, 0.29) is 10.2 Å². The SMILES string of the molecule is COc1ccc(/C=C2\SC(=S)N(C(CCSC)C(=O)O)C2=O)cc1OC. The van der Waals surface area contributed by atoms with E-state index in [0.717, 1.165) is 17.3 Å². The zero-order chi connectivity index (χ0) is 19.3. The number of methoxy groups -OCH3 is 2. The fourth-order valence-corrected chi connectivity index (χ4v) is 4.25. The maximum atomic E-state index is 12.7. The predicted molar refractivity (Wildman–Crippen MR) is 109 cm³/mol. The number of aliphatic carboxylic acids is 1. The molecule has 1 saturated heterocycles. The second-order valence-electron chi connectivity index (χ2n) is 5.30. The summed E-state index contributed by atoms with van der Waals surface area (Å²) in [6.07, 6.45) is 3.90. The summed E-state index contributed by atoms with van der Waals surface area (Å²) in [5, 5.41) is 9.48. The Bertz CT molecular complexity index is 750. The van der Waals surface area contributed by atoms with Crippen LogP contribution in [0.15, 0.2) is 23.1 Å². The summed E-state index contributed by atoms with van der Waals surface area (Å²) in [5.74, 6) is 0.314. The number of ether oxygens (including phenoxy) is 2. The van der Waals surface area contributed by atoms with Gasteiger partial charge in [-0.2, -0.15) is 11.8 Å². The van der Waals surface area contributed by atoms with Gasteiger partial charge in [0.1, 0.15) is 10.4 Å². The summed E-state index contributed by atoms with van der Waals surface area (Å²) in [5.41, 5.74) is 0.735. The third-order valence-electron chi connectivity index (χ3n) is 3.72. The van der Waals surface area contributed by atoms with Crippen LogP contribution in [0.3, 0.4) is 0 Å². The van der Waals surface area contributed by atoms with E-state index in [1.165, 1.54) is 23.8 Å². The van der Waals surface area contributed by atoms with E-state index in [1.54, 1.807) is 31.4 Å².